The van der Waals surface area contributed by atoms with Gasteiger partial charge in [0, 0.05) is 6.42 Å². The largest absolute Gasteiger partial charge is 0.481 e. The Morgan fingerprint density at radius 1 is 1.25 bits per heavy atom. The minimum atomic E-state index is -0.669. The normalized spacial score (nSPS) is 10.1. The molecule has 0 amide bonds. The highest BCUT2D eigenvalue weighted by Gasteiger charge is 1.95. The van der Waals surface area contributed by atoms with Gasteiger partial charge in [-0.1, -0.05) is 19.8 Å². The Labute approximate surface area is 78.7 Å². The first-order valence-electron chi connectivity index (χ1n) is 4.57. The van der Waals surface area contributed by atoms with E-state index in [-0.39, 0.29) is 0 Å². The van der Waals surface area contributed by atoms with Crippen molar-refractivity contribution >= 4 is 17.7 Å². The Bertz CT molecular complexity index is 115. The second kappa shape index (κ2) is 8.91. The zero-order valence-electron chi connectivity index (χ0n) is 7.71. The fraction of sp³-hybridized carbons (Fsp3) is 0.889. The van der Waals surface area contributed by atoms with E-state index in [1.165, 1.54) is 24.3 Å². The van der Waals surface area contributed by atoms with Crippen LogP contribution < -0.4 is 0 Å². The van der Waals surface area contributed by atoms with Gasteiger partial charge in [-0.2, -0.15) is 11.8 Å². The summed E-state index contributed by atoms with van der Waals surface area (Å²) >= 11 is 1.96. The van der Waals surface area contributed by atoms with Gasteiger partial charge in [0.15, 0.2) is 0 Å². The van der Waals surface area contributed by atoms with Gasteiger partial charge in [0.25, 0.3) is 0 Å². The Morgan fingerprint density at radius 2 is 1.92 bits per heavy atom. The average Bonchev–Trinajstić information content (AvgIpc) is 2.02. The van der Waals surface area contributed by atoms with Crippen molar-refractivity contribution in [3.05, 3.63) is 0 Å². The van der Waals surface area contributed by atoms with Gasteiger partial charge in [0.2, 0.25) is 0 Å². The lowest BCUT2D eigenvalue weighted by molar-refractivity contribution is -0.137. The molecule has 0 aromatic rings. The molecule has 0 aliphatic carbocycles. The minimum Gasteiger partial charge on any atom is -0.481 e. The molecule has 0 aromatic heterocycles. The van der Waals surface area contributed by atoms with Crippen LogP contribution in [0, 0.1) is 0 Å². The predicted octanol–water partition coefficient (Wildman–Crippen LogP) is 2.77. The van der Waals surface area contributed by atoms with Crippen LogP contribution in [-0.2, 0) is 4.79 Å². The van der Waals surface area contributed by atoms with Crippen LogP contribution in [0.3, 0.4) is 0 Å². The van der Waals surface area contributed by atoms with Crippen molar-refractivity contribution in [2.45, 2.75) is 39.0 Å². The van der Waals surface area contributed by atoms with Crippen molar-refractivity contribution in [1.82, 2.24) is 0 Å². The smallest absolute Gasteiger partial charge is 0.303 e. The highest BCUT2D eigenvalue weighted by molar-refractivity contribution is 7.99. The first-order chi connectivity index (χ1) is 5.77. The van der Waals surface area contributed by atoms with Crippen molar-refractivity contribution < 1.29 is 9.90 Å². The molecular formula is C9H18O2S. The van der Waals surface area contributed by atoms with Gasteiger partial charge in [-0.15, -0.1) is 0 Å². The van der Waals surface area contributed by atoms with Gasteiger partial charge in [-0.25, -0.2) is 0 Å². The minimum absolute atomic E-state index is 0.334. The molecule has 72 valence electrons. The Kier molecular flexibility index (Phi) is 8.78. The number of aliphatic carboxylic acids is 1. The van der Waals surface area contributed by atoms with E-state index in [1.807, 2.05) is 11.8 Å². The van der Waals surface area contributed by atoms with Crippen LogP contribution in [0.15, 0.2) is 0 Å². The second-order valence-corrected chi connectivity index (χ2v) is 4.15. The maximum Gasteiger partial charge on any atom is 0.303 e. The summed E-state index contributed by atoms with van der Waals surface area (Å²) in [6, 6.07) is 0. The van der Waals surface area contributed by atoms with Gasteiger partial charge < -0.3 is 5.11 Å². The molecule has 3 heteroatoms. The van der Waals surface area contributed by atoms with Crippen molar-refractivity contribution in [1.29, 1.82) is 0 Å². The molecule has 0 radical (unpaired) electrons. The highest BCUT2D eigenvalue weighted by Crippen LogP contribution is 2.07. The van der Waals surface area contributed by atoms with Crippen LogP contribution in [0.4, 0.5) is 0 Å². The van der Waals surface area contributed by atoms with E-state index in [0.29, 0.717) is 6.42 Å². The van der Waals surface area contributed by atoms with Gasteiger partial charge in [0.1, 0.15) is 0 Å². The van der Waals surface area contributed by atoms with E-state index in [0.717, 1.165) is 12.8 Å². The summed E-state index contributed by atoms with van der Waals surface area (Å²) in [5.74, 6) is 1.75. The molecule has 0 aromatic carbocycles. The predicted molar refractivity (Wildman–Crippen MR) is 53.7 cm³/mol. The number of rotatable bonds is 8. The molecule has 0 aliphatic rings. The monoisotopic (exact) mass is 190 g/mol. The standard InChI is InChI=1S/C9H18O2S/c1-2-12-8-6-4-3-5-7-9(10)11/h2-8H2,1H3,(H,10,11). The van der Waals surface area contributed by atoms with Gasteiger partial charge in [-0.3, -0.25) is 4.79 Å². The van der Waals surface area contributed by atoms with E-state index in [4.69, 9.17) is 5.11 Å². The lowest BCUT2D eigenvalue weighted by Gasteiger charge is -1.98. The van der Waals surface area contributed by atoms with Crippen LogP contribution in [-0.4, -0.2) is 22.6 Å². The molecule has 0 bridgehead atoms. The van der Waals surface area contributed by atoms with Crippen molar-refractivity contribution in [3.8, 4) is 0 Å². The summed E-state index contributed by atoms with van der Waals surface area (Å²) in [6.45, 7) is 2.16. The van der Waals surface area contributed by atoms with Crippen LogP contribution in [0.25, 0.3) is 0 Å². The number of carboxylic acid groups (broad SMARTS) is 1. The summed E-state index contributed by atoms with van der Waals surface area (Å²) in [7, 11) is 0. The van der Waals surface area contributed by atoms with Gasteiger partial charge >= 0.3 is 5.97 Å². The number of thioether (sulfide) groups is 1. The number of carboxylic acids is 1. The fourth-order valence-corrected chi connectivity index (χ4v) is 1.68. The Balaban J connectivity index is 2.86. The molecule has 0 fully saturated rings. The molecular weight excluding hydrogens is 172 g/mol. The lowest BCUT2D eigenvalue weighted by Crippen LogP contribution is -1.93. The van der Waals surface area contributed by atoms with Crippen LogP contribution in [0.1, 0.15) is 39.0 Å². The van der Waals surface area contributed by atoms with Crippen molar-refractivity contribution in [2.24, 2.45) is 0 Å². The first kappa shape index (κ1) is 11.8. The van der Waals surface area contributed by atoms with E-state index in [2.05, 4.69) is 6.92 Å². The molecule has 0 spiro atoms. The van der Waals surface area contributed by atoms with Gasteiger partial charge in [-0.05, 0) is 24.3 Å². The third-order valence-electron chi connectivity index (χ3n) is 1.63. The van der Waals surface area contributed by atoms with E-state index < -0.39 is 5.97 Å². The molecule has 0 aliphatic heterocycles. The molecule has 0 saturated heterocycles. The van der Waals surface area contributed by atoms with E-state index in [1.54, 1.807) is 0 Å². The average molecular weight is 190 g/mol. The maximum absolute atomic E-state index is 10.1. The fourth-order valence-electron chi connectivity index (χ4n) is 0.978. The third kappa shape index (κ3) is 9.82. The summed E-state index contributed by atoms with van der Waals surface area (Å²) in [4.78, 5) is 10.1. The van der Waals surface area contributed by atoms with Crippen molar-refractivity contribution in [3.63, 3.8) is 0 Å². The molecule has 0 heterocycles. The Hall–Kier alpha value is -0.180. The summed E-state index contributed by atoms with van der Waals surface area (Å²) in [6.07, 6.45) is 4.65. The summed E-state index contributed by atoms with van der Waals surface area (Å²) < 4.78 is 0. The molecule has 0 unspecified atom stereocenters. The Morgan fingerprint density at radius 3 is 2.50 bits per heavy atom. The zero-order valence-corrected chi connectivity index (χ0v) is 8.53. The number of carbonyl (C=O) groups is 1. The van der Waals surface area contributed by atoms with E-state index in [9.17, 15) is 4.79 Å². The number of hydrogen-bond acceptors (Lipinski definition) is 2. The molecule has 2 nitrogen and oxygen atoms in total. The van der Waals surface area contributed by atoms with E-state index >= 15 is 0 Å². The number of unbranched alkanes of at least 4 members (excludes halogenated alkanes) is 3. The third-order valence-corrected chi connectivity index (χ3v) is 2.62. The molecule has 12 heavy (non-hydrogen) atoms. The quantitative estimate of drug-likeness (QED) is 0.598. The topological polar surface area (TPSA) is 37.3 Å². The lowest BCUT2D eigenvalue weighted by atomic mass is 10.2. The van der Waals surface area contributed by atoms with Gasteiger partial charge in [0.05, 0.1) is 0 Å². The zero-order chi connectivity index (χ0) is 9.23. The first-order valence-corrected chi connectivity index (χ1v) is 5.72. The molecule has 0 saturated carbocycles. The maximum atomic E-state index is 10.1. The van der Waals surface area contributed by atoms with Crippen LogP contribution >= 0.6 is 11.8 Å². The van der Waals surface area contributed by atoms with Crippen LogP contribution in [0.2, 0.25) is 0 Å². The summed E-state index contributed by atoms with van der Waals surface area (Å²) in [5.41, 5.74) is 0. The highest BCUT2D eigenvalue weighted by atomic mass is 32.2. The SMILES string of the molecule is CCSCCCCCCC(=O)O. The van der Waals surface area contributed by atoms with Crippen molar-refractivity contribution in [2.75, 3.05) is 11.5 Å². The molecule has 1 N–H and O–H groups in total. The molecule has 0 rings (SSSR count). The second-order valence-electron chi connectivity index (χ2n) is 2.75. The summed E-state index contributed by atoms with van der Waals surface area (Å²) in [5, 5.41) is 8.35. The van der Waals surface area contributed by atoms with Crippen LogP contribution in [0.5, 0.6) is 0 Å². The number of hydrogen-bond donors (Lipinski definition) is 1. The molecule has 0 atom stereocenters.